The van der Waals surface area contributed by atoms with Crippen molar-refractivity contribution in [3.8, 4) is 0 Å². The highest BCUT2D eigenvalue weighted by Crippen LogP contribution is 2.18. The van der Waals surface area contributed by atoms with Crippen LogP contribution in [0.1, 0.15) is 44.2 Å². The number of esters is 1. The standard InChI is InChI=1S/C32H44N4O6/c1-24(2)22-32(35-29(38)23-36-17-19-42-20-18-36,34-28(37)16-10-15-25-11-6-4-7-12-25)31(40)33-27(30(39)41-3)21-26-13-8-5-9-14-26/h4-9,11-14,24,27H,10,15-23H2,1-3H3,(H,33,40)(H,34,37)(H,35,38)/t27-,32-/m0/s1/i/hD. The summed E-state index contributed by atoms with van der Waals surface area (Å²) in [6.07, 6.45) is 1.16. The molecule has 0 unspecified atom stereocenters. The number of amides is 3. The fourth-order valence-corrected chi connectivity index (χ4v) is 4.97. The van der Waals surface area contributed by atoms with E-state index in [4.69, 9.17) is 10.9 Å². The molecule has 228 valence electrons. The molecule has 0 bridgehead atoms. The van der Waals surface area contributed by atoms with Crippen molar-refractivity contribution in [2.45, 2.75) is 57.7 Å². The second kappa shape index (κ2) is 16.6. The minimum atomic E-state index is -2.07. The fourth-order valence-electron chi connectivity index (χ4n) is 4.97. The highest BCUT2D eigenvalue weighted by molar-refractivity contribution is 5.97. The number of aryl methyl sites for hydroxylation is 1. The summed E-state index contributed by atoms with van der Waals surface area (Å²) in [5.41, 5.74) is -0.230. The number of carbonyl (C=O) groups is 4. The molecule has 1 aliphatic rings. The lowest BCUT2D eigenvalue weighted by Gasteiger charge is -2.37. The zero-order valence-corrected chi connectivity index (χ0v) is 24.8. The Labute approximate surface area is 250 Å². The van der Waals surface area contributed by atoms with Gasteiger partial charge >= 0.3 is 5.97 Å². The highest BCUT2D eigenvalue weighted by atomic mass is 16.5. The predicted octanol–water partition coefficient (Wildman–Crippen LogP) is 2.22. The fraction of sp³-hybridized carbons (Fsp3) is 0.500. The molecule has 3 rings (SSSR count). The molecule has 1 saturated heterocycles. The number of hydrogen-bond donors (Lipinski definition) is 3. The van der Waals surface area contributed by atoms with Crippen LogP contribution in [0.4, 0.5) is 0 Å². The molecule has 0 spiro atoms. The lowest BCUT2D eigenvalue weighted by Crippen LogP contribution is -2.71. The average Bonchev–Trinajstić information content (AvgIpc) is 3.00. The zero-order valence-electron chi connectivity index (χ0n) is 25.8. The maximum Gasteiger partial charge on any atom is 0.328 e. The van der Waals surface area contributed by atoms with E-state index in [9.17, 15) is 19.2 Å². The van der Waals surface area contributed by atoms with E-state index >= 15 is 0 Å². The third-order valence-corrected chi connectivity index (χ3v) is 6.98. The summed E-state index contributed by atoms with van der Waals surface area (Å²) in [6.45, 7) is 5.70. The number of rotatable bonds is 15. The number of nitrogens with one attached hydrogen (secondary N) is 3. The molecule has 0 radical (unpaired) electrons. The number of methoxy groups -OCH3 is 1. The molecular weight excluding hydrogens is 536 g/mol. The van der Waals surface area contributed by atoms with E-state index in [-0.39, 0.29) is 31.7 Å². The van der Waals surface area contributed by atoms with Gasteiger partial charge in [0.1, 0.15) is 6.04 Å². The van der Waals surface area contributed by atoms with Crippen LogP contribution in [0.25, 0.3) is 0 Å². The molecule has 0 saturated carbocycles. The molecule has 3 N–H and O–H groups in total. The molecule has 3 amide bonds. The largest absolute Gasteiger partial charge is 0.467 e. The van der Waals surface area contributed by atoms with Gasteiger partial charge in [0.05, 0.1) is 26.9 Å². The quantitative estimate of drug-likeness (QED) is 0.218. The number of benzene rings is 2. The van der Waals surface area contributed by atoms with Gasteiger partial charge < -0.3 is 25.4 Å². The summed E-state index contributed by atoms with van der Waals surface area (Å²) in [7, 11) is 1.23. The number of morpholine rings is 1. The van der Waals surface area contributed by atoms with Crippen LogP contribution >= 0.6 is 0 Å². The number of hydrogen-bond acceptors (Lipinski definition) is 7. The average molecular weight is 582 g/mol. The molecule has 10 nitrogen and oxygen atoms in total. The first kappa shape index (κ1) is 31.2. The Morgan fingerprint density at radius 3 is 2.19 bits per heavy atom. The minimum absolute atomic E-state index is 0.00466. The van der Waals surface area contributed by atoms with Crippen LogP contribution in [0.2, 0.25) is 1.41 Å². The molecule has 2 aromatic rings. The van der Waals surface area contributed by atoms with Crippen LogP contribution in [0, 0.1) is 5.92 Å². The molecule has 1 fully saturated rings. The summed E-state index contributed by atoms with van der Waals surface area (Å²) < 4.78 is 19.3. The molecule has 0 aliphatic carbocycles. The lowest BCUT2D eigenvalue weighted by atomic mass is 9.94. The summed E-state index contributed by atoms with van der Waals surface area (Å²) >= 11 is 0. The molecule has 0 aromatic heterocycles. The van der Waals surface area contributed by atoms with Crippen molar-refractivity contribution in [1.82, 2.24) is 20.8 Å². The Morgan fingerprint density at radius 1 is 0.976 bits per heavy atom. The SMILES string of the molecule is [2H]N(C(=O)CCCc1ccccc1)[C@@](CC(C)C)(NC(=O)CN1CCOCC1)C(=O)N[C@@H](Cc1ccccc1)C(=O)OC. The lowest BCUT2D eigenvalue weighted by molar-refractivity contribution is -0.147. The van der Waals surface area contributed by atoms with Crippen LogP contribution < -0.4 is 15.9 Å². The van der Waals surface area contributed by atoms with E-state index in [1.165, 1.54) is 7.11 Å². The van der Waals surface area contributed by atoms with Gasteiger partial charge in [0, 0.05) is 32.4 Å². The molecule has 10 heteroatoms. The van der Waals surface area contributed by atoms with Crippen molar-refractivity contribution in [2.24, 2.45) is 5.92 Å². The van der Waals surface area contributed by atoms with Crippen molar-refractivity contribution in [2.75, 3.05) is 40.0 Å². The van der Waals surface area contributed by atoms with Crippen molar-refractivity contribution in [1.29, 1.82) is 0 Å². The summed E-state index contributed by atoms with van der Waals surface area (Å²) in [6, 6.07) is 17.7. The first-order chi connectivity index (χ1) is 20.6. The number of nitrogens with zero attached hydrogens (tertiary/aromatic N) is 1. The Hall–Kier alpha value is -3.76. The summed E-state index contributed by atoms with van der Waals surface area (Å²) in [5.74, 6) is -2.83. The van der Waals surface area contributed by atoms with Crippen LogP contribution in [0.5, 0.6) is 0 Å². The van der Waals surface area contributed by atoms with Gasteiger partial charge in [-0.3, -0.25) is 19.3 Å². The zero-order chi connectivity index (χ0) is 31.2. The first-order valence-corrected chi connectivity index (χ1v) is 14.5. The van der Waals surface area contributed by atoms with E-state index in [1.54, 1.807) is 0 Å². The first-order valence-electron chi connectivity index (χ1n) is 15.0. The molecule has 1 heterocycles. The number of ether oxygens (including phenoxy) is 2. The van der Waals surface area contributed by atoms with E-state index in [0.717, 1.165) is 11.1 Å². The van der Waals surface area contributed by atoms with E-state index < -0.39 is 35.4 Å². The third-order valence-electron chi connectivity index (χ3n) is 6.98. The maximum absolute atomic E-state index is 14.2. The van der Waals surface area contributed by atoms with Crippen molar-refractivity contribution < 1.29 is 30.1 Å². The Kier molecular flexibility index (Phi) is 12.3. The Balaban J connectivity index is 1.89. The van der Waals surface area contributed by atoms with Gasteiger partial charge in [0.15, 0.2) is 7.07 Å². The van der Waals surface area contributed by atoms with Crippen molar-refractivity contribution in [3.05, 3.63) is 71.8 Å². The van der Waals surface area contributed by atoms with Gasteiger partial charge in [-0.2, -0.15) is 0 Å². The minimum Gasteiger partial charge on any atom is -0.467 e. The van der Waals surface area contributed by atoms with Gasteiger partial charge in [0.25, 0.3) is 5.91 Å². The van der Waals surface area contributed by atoms with Crippen LogP contribution in [0.15, 0.2) is 60.7 Å². The summed E-state index contributed by atoms with van der Waals surface area (Å²) in [4.78, 5) is 55.8. The van der Waals surface area contributed by atoms with Crippen LogP contribution in [0.3, 0.4) is 0 Å². The van der Waals surface area contributed by atoms with Crippen molar-refractivity contribution >= 4 is 23.7 Å². The topological polar surface area (TPSA) is 126 Å². The molecule has 1 aliphatic heterocycles. The normalized spacial score (nSPS) is 16.0. The molecule has 2 atom stereocenters. The van der Waals surface area contributed by atoms with Gasteiger partial charge in [0.2, 0.25) is 11.8 Å². The maximum atomic E-state index is 14.2. The Morgan fingerprint density at radius 2 is 1.60 bits per heavy atom. The second-order valence-electron chi connectivity index (χ2n) is 11.0. The van der Waals surface area contributed by atoms with E-state index in [0.29, 0.717) is 44.5 Å². The highest BCUT2D eigenvalue weighted by Gasteiger charge is 2.43. The predicted molar refractivity (Wildman–Crippen MR) is 159 cm³/mol. The Bertz CT molecular complexity index is 1190. The van der Waals surface area contributed by atoms with E-state index in [1.807, 2.05) is 79.4 Å². The smallest absolute Gasteiger partial charge is 0.328 e. The van der Waals surface area contributed by atoms with Gasteiger partial charge in [-0.15, -0.1) is 0 Å². The number of carbonyl (C=O) groups excluding carboxylic acids is 4. The van der Waals surface area contributed by atoms with Gasteiger partial charge in [-0.1, -0.05) is 74.5 Å². The van der Waals surface area contributed by atoms with Crippen LogP contribution in [-0.2, 0) is 41.5 Å². The second-order valence-corrected chi connectivity index (χ2v) is 11.0. The molecule has 2 aromatic carbocycles. The molecule has 42 heavy (non-hydrogen) atoms. The molecular formula is C32H44N4O6. The van der Waals surface area contributed by atoms with Gasteiger partial charge in [-0.05, 0) is 29.9 Å². The van der Waals surface area contributed by atoms with Crippen LogP contribution in [-0.4, -0.2) is 80.3 Å². The summed E-state index contributed by atoms with van der Waals surface area (Å²) in [5, 5.41) is 6.07. The monoisotopic (exact) mass is 581 g/mol. The van der Waals surface area contributed by atoms with Crippen molar-refractivity contribution in [3.63, 3.8) is 0 Å². The third kappa shape index (κ3) is 10.6. The van der Waals surface area contributed by atoms with Gasteiger partial charge in [-0.25, -0.2) is 4.79 Å². The van der Waals surface area contributed by atoms with E-state index in [2.05, 4.69) is 10.6 Å².